The van der Waals surface area contributed by atoms with Crippen molar-refractivity contribution in [1.82, 2.24) is 24.7 Å². The van der Waals surface area contributed by atoms with Crippen molar-refractivity contribution in [2.24, 2.45) is 0 Å². The topological polar surface area (TPSA) is 79.7 Å². The van der Waals surface area contributed by atoms with E-state index in [0.717, 1.165) is 4.57 Å². The SMILES string of the molecule is O=c1[nH]cnc(N2CCn3c(nnc3C(F)(F)F)C2)c1I. The Kier molecular flexibility index (Phi) is 3.37. The quantitative estimate of drug-likeness (QED) is 0.708. The van der Waals surface area contributed by atoms with Crippen LogP contribution in [0, 0.1) is 3.57 Å². The normalized spacial score (nSPS) is 15.1. The molecule has 0 unspecified atom stereocenters. The van der Waals surface area contributed by atoms with Gasteiger partial charge in [-0.25, -0.2) is 4.98 Å². The Bertz CT molecular complexity index is 739. The molecule has 3 rings (SSSR count). The average molecular weight is 412 g/mol. The summed E-state index contributed by atoms with van der Waals surface area (Å²) in [6.07, 6.45) is -3.26. The molecule has 0 saturated heterocycles. The van der Waals surface area contributed by atoms with Crippen LogP contribution in [0.2, 0.25) is 0 Å². The van der Waals surface area contributed by atoms with Gasteiger partial charge in [0.1, 0.15) is 9.39 Å². The summed E-state index contributed by atoms with van der Waals surface area (Å²) in [6, 6.07) is 0. The Morgan fingerprint density at radius 1 is 1.29 bits per heavy atom. The zero-order chi connectivity index (χ0) is 15.2. The minimum absolute atomic E-state index is 0.0851. The first-order chi connectivity index (χ1) is 9.88. The van der Waals surface area contributed by atoms with Crippen LogP contribution in [-0.2, 0) is 19.3 Å². The Hall–Kier alpha value is -1.66. The number of nitrogens with zero attached hydrogens (tertiary/aromatic N) is 5. The van der Waals surface area contributed by atoms with Crippen molar-refractivity contribution < 1.29 is 13.2 Å². The minimum Gasteiger partial charge on any atom is -0.346 e. The van der Waals surface area contributed by atoms with Gasteiger partial charge < -0.3 is 14.5 Å². The number of nitrogens with one attached hydrogen (secondary N) is 1. The molecule has 3 heterocycles. The molecule has 2 aromatic rings. The molecule has 112 valence electrons. The van der Waals surface area contributed by atoms with Crippen molar-refractivity contribution in [3.05, 3.63) is 31.9 Å². The first-order valence-corrected chi connectivity index (χ1v) is 6.93. The Morgan fingerprint density at radius 2 is 2.05 bits per heavy atom. The van der Waals surface area contributed by atoms with Crippen LogP contribution in [0.15, 0.2) is 11.1 Å². The fourth-order valence-corrected chi connectivity index (χ4v) is 2.78. The van der Waals surface area contributed by atoms with Gasteiger partial charge in [-0.3, -0.25) is 4.79 Å². The van der Waals surface area contributed by atoms with E-state index < -0.39 is 12.0 Å². The van der Waals surface area contributed by atoms with Crippen molar-refractivity contribution in [3.8, 4) is 0 Å². The average Bonchev–Trinajstić information content (AvgIpc) is 2.84. The lowest BCUT2D eigenvalue weighted by atomic mass is 10.3. The van der Waals surface area contributed by atoms with E-state index in [1.54, 1.807) is 4.90 Å². The van der Waals surface area contributed by atoms with Gasteiger partial charge in [-0.05, 0) is 22.6 Å². The number of H-pyrrole nitrogens is 1. The highest BCUT2D eigenvalue weighted by Crippen LogP contribution is 2.30. The second kappa shape index (κ2) is 4.96. The van der Waals surface area contributed by atoms with Crippen LogP contribution in [0.25, 0.3) is 0 Å². The van der Waals surface area contributed by atoms with Crippen LogP contribution in [0.3, 0.4) is 0 Å². The third-order valence-corrected chi connectivity index (χ3v) is 4.06. The number of aromatic nitrogens is 5. The van der Waals surface area contributed by atoms with E-state index in [4.69, 9.17) is 0 Å². The summed E-state index contributed by atoms with van der Waals surface area (Å²) < 4.78 is 39.7. The van der Waals surface area contributed by atoms with Gasteiger partial charge in [0.2, 0.25) is 5.82 Å². The maximum atomic E-state index is 12.8. The van der Waals surface area contributed by atoms with Crippen molar-refractivity contribution in [2.75, 3.05) is 11.4 Å². The molecule has 0 saturated carbocycles. The molecule has 0 fully saturated rings. The molecule has 0 spiro atoms. The van der Waals surface area contributed by atoms with Gasteiger partial charge in [-0.1, -0.05) is 0 Å². The minimum atomic E-state index is -4.52. The van der Waals surface area contributed by atoms with Crippen LogP contribution in [0.5, 0.6) is 0 Å². The molecule has 11 heteroatoms. The number of hydrogen-bond donors (Lipinski definition) is 1. The second-order valence-corrected chi connectivity index (χ2v) is 5.46. The third kappa shape index (κ3) is 2.49. The Labute approximate surface area is 129 Å². The molecule has 21 heavy (non-hydrogen) atoms. The first kappa shape index (κ1) is 14.3. The summed E-state index contributed by atoms with van der Waals surface area (Å²) in [5.74, 6) is -0.362. The second-order valence-electron chi connectivity index (χ2n) is 4.38. The molecule has 0 aliphatic carbocycles. The molecular formula is C10H8F3IN6O. The first-order valence-electron chi connectivity index (χ1n) is 5.85. The van der Waals surface area contributed by atoms with Crippen molar-refractivity contribution in [3.63, 3.8) is 0 Å². The monoisotopic (exact) mass is 412 g/mol. The molecule has 0 atom stereocenters. The van der Waals surface area contributed by atoms with Crippen LogP contribution in [-0.4, -0.2) is 31.3 Å². The highest BCUT2D eigenvalue weighted by atomic mass is 127. The van der Waals surface area contributed by atoms with Crippen molar-refractivity contribution in [1.29, 1.82) is 0 Å². The molecule has 1 aliphatic rings. The number of alkyl halides is 3. The van der Waals surface area contributed by atoms with E-state index in [-0.39, 0.29) is 24.5 Å². The van der Waals surface area contributed by atoms with E-state index in [2.05, 4.69) is 20.2 Å². The summed E-state index contributed by atoms with van der Waals surface area (Å²) in [5.41, 5.74) is -0.288. The summed E-state index contributed by atoms with van der Waals surface area (Å²) in [7, 11) is 0. The van der Waals surface area contributed by atoms with Gasteiger partial charge in [0.05, 0.1) is 12.9 Å². The standard InChI is InChI=1S/C10H8F3IN6O/c11-10(12,13)9-18-17-5-3-19(1-2-20(5)9)7-6(14)8(21)16-4-15-7/h4H,1-3H2,(H,15,16,21). The van der Waals surface area contributed by atoms with Gasteiger partial charge in [0, 0.05) is 13.1 Å². The molecule has 0 bridgehead atoms. The van der Waals surface area contributed by atoms with Gasteiger partial charge in [-0.2, -0.15) is 13.2 Å². The number of fused-ring (bicyclic) bond motifs is 1. The molecule has 1 aliphatic heterocycles. The molecule has 0 radical (unpaired) electrons. The smallest absolute Gasteiger partial charge is 0.346 e. The van der Waals surface area contributed by atoms with Crippen LogP contribution >= 0.6 is 22.6 Å². The lowest BCUT2D eigenvalue weighted by Gasteiger charge is -2.29. The number of hydrogen-bond acceptors (Lipinski definition) is 5. The van der Waals surface area contributed by atoms with Crippen LogP contribution in [0.1, 0.15) is 11.6 Å². The number of anilines is 1. The number of halogens is 4. The highest BCUT2D eigenvalue weighted by molar-refractivity contribution is 14.1. The van der Waals surface area contributed by atoms with Crippen LogP contribution in [0.4, 0.5) is 19.0 Å². The molecule has 1 N–H and O–H groups in total. The zero-order valence-electron chi connectivity index (χ0n) is 10.4. The molecule has 0 aromatic carbocycles. The van der Waals surface area contributed by atoms with E-state index in [1.165, 1.54) is 6.33 Å². The highest BCUT2D eigenvalue weighted by Gasteiger charge is 2.39. The fraction of sp³-hybridized carbons (Fsp3) is 0.400. The largest absolute Gasteiger partial charge is 0.451 e. The Morgan fingerprint density at radius 3 is 2.76 bits per heavy atom. The number of rotatable bonds is 1. The fourth-order valence-electron chi connectivity index (χ4n) is 2.14. The lowest BCUT2D eigenvalue weighted by molar-refractivity contribution is -0.147. The molecule has 2 aromatic heterocycles. The van der Waals surface area contributed by atoms with E-state index in [1.807, 2.05) is 22.6 Å². The van der Waals surface area contributed by atoms with E-state index in [0.29, 0.717) is 15.9 Å². The summed E-state index contributed by atoms with van der Waals surface area (Å²) in [4.78, 5) is 19.8. The summed E-state index contributed by atoms with van der Waals surface area (Å²) in [5, 5.41) is 6.79. The lowest BCUT2D eigenvalue weighted by Crippen LogP contribution is -2.37. The van der Waals surface area contributed by atoms with Crippen LogP contribution < -0.4 is 10.5 Å². The summed E-state index contributed by atoms with van der Waals surface area (Å²) >= 11 is 1.85. The van der Waals surface area contributed by atoms with Crippen molar-refractivity contribution in [2.45, 2.75) is 19.3 Å². The molecular weight excluding hydrogens is 404 g/mol. The van der Waals surface area contributed by atoms with Crippen molar-refractivity contribution >= 4 is 28.4 Å². The van der Waals surface area contributed by atoms with Gasteiger partial charge in [-0.15, -0.1) is 10.2 Å². The predicted octanol–water partition coefficient (Wildman–Crippen LogP) is 1.01. The maximum absolute atomic E-state index is 12.8. The summed E-state index contributed by atoms with van der Waals surface area (Å²) in [6.45, 7) is 0.498. The Balaban J connectivity index is 1.94. The van der Waals surface area contributed by atoms with Gasteiger partial charge in [0.15, 0.2) is 5.82 Å². The predicted molar refractivity (Wildman–Crippen MR) is 73.6 cm³/mol. The number of aromatic amines is 1. The third-order valence-electron chi connectivity index (χ3n) is 3.08. The van der Waals surface area contributed by atoms with Gasteiger partial charge in [0.25, 0.3) is 5.56 Å². The molecule has 0 amide bonds. The van der Waals surface area contributed by atoms with E-state index in [9.17, 15) is 18.0 Å². The van der Waals surface area contributed by atoms with Gasteiger partial charge >= 0.3 is 6.18 Å². The molecule has 7 nitrogen and oxygen atoms in total. The zero-order valence-corrected chi connectivity index (χ0v) is 12.5. The van der Waals surface area contributed by atoms with E-state index >= 15 is 0 Å². The maximum Gasteiger partial charge on any atom is 0.451 e.